The van der Waals surface area contributed by atoms with Gasteiger partial charge in [0.25, 0.3) is 0 Å². The van der Waals surface area contributed by atoms with E-state index in [1.54, 1.807) is 0 Å². The van der Waals surface area contributed by atoms with Crippen LogP contribution in [-0.4, -0.2) is 29.6 Å². The number of rotatable bonds is 4. The molecule has 1 amide bonds. The molecule has 4 nitrogen and oxygen atoms in total. The van der Waals surface area contributed by atoms with Gasteiger partial charge in [-0.3, -0.25) is 4.79 Å². The minimum Gasteiger partial charge on any atom is -0.392 e. The molecule has 1 aromatic carbocycles. The van der Waals surface area contributed by atoms with Crippen molar-refractivity contribution in [2.24, 2.45) is 5.73 Å². The monoisotopic (exact) mass is 292 g/mol. The van der Waals surface area contributed by atoms with Crippen LogP contribution in [0.15, 0.2) is 30.3 Å². The van der Waals surface area contributed by atoms with Crippen LogP contribution in [-0.2, 0) is 9.53 Å². The second-order valence-corrected chi connectivity index (χ2v) is 5.63. The van der Waals surface area contributed by atoms with Crippen LogP contribution in [0, 0.1) is 0 Å². The molecule has 1 aliphatic rings. The average Bonchev–Trinajstić information content (AvgIpc) is 2.39. The van der Waals surface area contributed by atoms with Gasteiger partial charge in [-0.1, -0.05) is 42.5 Å². The summed E-state index contributed by atoms with van der Waals surface area (Å²) in [7, 11) is 0. The molecule has 0 bridgehead atoms. The lowest BCUT2D eigenvalue weighted by Crippen LogP contribution is -2.45. The Bertz CT molecular complexity index is 478. The maximum absolute atomic E-state index is 12.4. The maximum Gasteiger partial charge on any atom is 0.234 e. The van der Waals surface area contributed by atoms with Crippen molar-refractivity contribution in [2.45, 2.75) is 37.8 Å². The van der Waals surface area contributed by atoms with E-state index in [2.05, 4.69) is 5.32 Å². The molecule has 3 unspecified atom stereocenters. The summed E-state index contributed by atoms with van der Waals surface area (Å²) >= 11 is 5.06. The Balaban J connectivity index is 2.06. The van der Waals surface area contributed by atoms with Crippen LogP contribution >= 0.6 is 12.2 Å². The van der Waals surface area contributed by atoms with Crippen molar-refractivity contribution >= 4 is 23.1 Å². The smallest absolute Gasteiger partial charge is 0.234 e. The molecule has 3 N–H and O–H groups in total. The molecule has 0 aromatic heterocycles. The Kier molecular flexibility index (Phi) is 5.09. The number of thiocarbonyl (C=S) groups is 1. The number of ether oxygens (including phenoxy) is 1. The number of nitrogens with two attached hydrogens (primary N) is 1. The zero-order valence-electron chi connectivity index (χ0n) is 11.5. The lowest BCUT2D eigenvalue weighted by Gasteiger charge is -2.29. The molecule has 0 spiro atoms. The predicted octanol–water partition coefficient (Wildman–Crippen LogP) is 1.74. The quantitative estimate of drug-likeness (QED) is 0.830. The zero-order chi connectivity index (χ0) is 14.5. The highest BCUT2D eigenvalue weighted by molar-refractivity contribution is 7.80. The van der Waals surface area contributed by atoms with Crippen molar-refractivity contribution in [2.75, 3.05) is 6.61 Å². The topological polar surface area (TPSA) is 64.4 Å². The summed E-state index contributed by atoms with van der Waals surface area (Å²) in [6.07, 6.45) is 1.83. The molecule has 2 rings (SSSR count). The average molecular weight is 292 g/mol. The first kappa shape index (κ1) is 14.9. The minimum absolute atomic E-state index is 0.122. The Labute approximate surface area is 124 Å². The van der Waals surface area contributed by atoms with Gasteiger partial charge in [0.2, 0.25) is 5.91 Å². The third kappa shape index (κ3) is 3.77. The first-order chi connectivity index (χ1) is 9.58. The highest BCUT2D eigenvalue weighted by Crippen LogP contribution is 2.19. The van der Waals surface area contributed by atoms with Crippen molar-refractivity contribution in [3.05, 3.63) is 35.9 Å². The number of carbonyl (C=O) groups is 1. The van der Waals surface area contributed by atoms with Gasteiger partial charge in [-0.05, 0) is 25.3 Å². The van der Waals surface area contributed by atoms with E-state index >= 15 is 0 Å². The van der Waals surface area contributed by atoms with E-state index in [0.717, 1.165) is 18.4 Å². The van der Waals surface area contributed by atoms with E-state index in [4.69, 9.17) is 22.7 Å². The van der Waals surface area contributed by atoms with Gasteiger partial charge in [-0.25, -0.2) is 0 Å². The van der Waals surface area contributed by atoms with Gasteiger partial charge in [-0.15, -0.1) is 0 Å². The molecule has 1 heterocycles. The normalized spacial score (nSPS) is 23.9. The second-order valence-electron chi connectivity index (χ2n) is 5.16. The molecule has 1 fully saturated rings. The van der Waals surface area contributed by atoms with Crippen molar-refractivity contribution in [1.82, 2.24) is 5.32 Å². The van der Waals surface area contributed by atoms with Crippen LogP contribution in [0.4, 0.5) is 0 Å². The van der Waals surface area contributed by atoms with Crippen LogP contribution in [0.5, 0.6) is 0 Å². The minimum atomic E-state index is -0.565. The van der Waals surface area contributed by atoms with E-state index in [0.29, 0.717) is 6.61 Å². The van der Waals surface area contributed by atoms with Crippen molar-refractivity contribution in [1.29, 1.82) is 0 Å². The summed E-state index contributed by atoms with van der Waals surface area (Å²) < 4.78 is 5.48. The van der Waals surface area contributed by atoms with Crippen LogP contribution in [0.2, 0.25) is 0 Å². The summed E-state index contributed by atoms with van der Waals surface area (Å²) in [4.78, 5) is 12.6. The Hall–Kier alpha value is -1.46. The Morgan fingerprint density at radius 2 is 2.15 bits per heavy atom. The number of amides is 1. The molecule has 20 heavy (non-hydrogen) atoms. The van der Waals surface area contributed by atoms with Crippen LogP contribution in [0.3, 0.4) is 0 Å². The van der Waals surface area contributed by atoms with E-state index in [1.165, 1.54) is 0 Å². The molecule has 0 saturated carbocycles. The van der Waals surface area contributed by atoms with Gasteiger partial charge in [0, 0.05) is 12.6 Å². The molecule has 108 valence electrons. The molecule has 5 heteroatoms. The fraction of sp³-hybridized carbons (Fsp3) is 0.467. The van der Waals surface area contributed by atoms with Gasteiger partial charge in [0.15, 0.2) is 0 Å². The summed E-state index contributed by atoms with van der Waals surface area (Å²) in [6.45, 7) is 2.69. The summed E-state index contributed by atoms with van der Waals surface area (Å²) in [5.74, 6) is -0.688. The molecule has 1 aliphatic heterocycles. The van der Waals surface area contributed by atoms with Gasteiger partial charge in [-0.2, -0.15) is 0 Å². The molecular weight excluding hydrogens is 272 g/mol. The fourth-order valence-electron chi connectivity index (χ4n) is 2.50. The largest absolute Gasteiger partial charge is 0.392 e. The number of carbonyl (C=O) groups excluding carboxylic acids is 1. The Morgan fingerprint density at radius 1 is 1.45 bits per heavy atom. The van der Waals surface area contributed by atoms with Crippen molar-refractivity contribution in [3.8, 4) is 0 Å². The van der Waals surface area contributed by atoms with Gasteiger partial charge < -0.3 is 15.8 Å². The van der Waals surface area contributed by atoms with Crippen LogP contribution in [0.1, 0.15) is 31.2 Å². The van der Waals surface area contributed by atoms with E-state index in [9.17, 15) is 4.79 Å². The SMILES string of the molecule is CC1CC(NC(=O)C(C(N)=S)c2ccccc2)CCO1. The van der Waals surface area contributed by atoms with Gasteiger partial charge in [0.1, 0.15) is 5.92 Å². The lowest BCUT2D eigenvalue weighted by atomic mass is 9.96. The number of nitrogens with one attached hydrogen (secondary N) is 1. The summed E-state index contributed by atoms with van der Waals surface area (Å²) in [6, 6.07) is 9.53. The molecule has 0 aliphatic carbocycles. The first-order valence-electron chi connectivity index (χ1n) is 6.84. The molecule has 0 radical (unpaired) electrons. The van der Waals surface area contributed by atoms with Crippen LogP contribution in [0.25, 0.3) is 0 Å². The number of hydrogen-bond donors (Lipinski definition) is 2. The highest BCUT2D eigenvalue weighted by atomic mass is 32.1. The summed E-state index contributed by atoms with van der Waals surface area (Å²) in [5, 5.41) is 3.04. The maximum atomic E-state index is 12.4. The lowest BCUT2D eigenvalue weighted by molar-refractivity contribution is -0.122. The predicted molar refractivity (Wildman–Crippen MR) is 82.5 cm³/mol. The molecule has 1 aromatic rings. The zero-order valence-corrected chi connectivity index (χ0v) is 12.4. The number of benzene rings is 1. The fourth-order valence-corrected chi connectivity index (χ4v) is 2.75. The standard InChI is InChI=1S/C15H20N2O2S/c1-10-9-12(7-8-19-10)17-15(18)13(14(16)20)11-5-3-2-4-6-11/h2-6,10,12-13H,7-9H2,1H3,(H2,16,20)(H,17,18). The second kappa shape index (κ2) is 6.81. The van der Waals surface area contributed by atoms with Gasteiger partial charge in [0.05, 0.1) is 11.1 Å². The highest BCUT2D eigenvalue weighted by Gasteiger charge is 2.27. The van der Waals surface area contributed by atoms with Gasteiger partial charge >= 0.3 is 0 Å². The van der Waals surface area contributed by atoms with E-state index in [-0.39, 0.29) is 23.0 Å². The molecular formula is C15H20N2O2S. The Morgan fingerprint density at radius 3 is 2.75 bits per heavy atom. The molecule has 3 atom stereocenters. The third-order valence-corrected chi connectivity index (χ3v) is 3.75. The van der Waals surface area contributed by atoms with E-state index < -0.39 is 5.92 Å². The third-order valence-electron chi connectivity index (χ3n) is 3.51. The van der Waals surface area contributed by atoms with Crippen molar-refractivity contribution in [3.63, 3.8) is 0 Å². The molecule has 1 saturated heterocycles. The number of hydrogen-bond acceptors (Lipinski definition) is 3. The van der Waals surface area contributed by atoms with E-state index in [1.807, 2.05) is 37.3 Å². The van der Waals surface area contributed by atoms with Crippen molar-refractivity contribution < 1.29 is 9.53 Å². The van der Waals surface area contributed by atoms with Crippen LogP contribution < -0.4 is 11.1 Å². The first-order valence-corrected chi connectivity index (χ1v) is 7.25. The summed E-state index contributed by atoms with van der Waals surface area (Å²) in [5.41, 5.74) is 6.58.